The number of hydrogen-bond acceptors (Lipinski definition) is 9. The Balaban J connectivity index is 1.52. The maximum Gasteiger partial charge on any atom is 0.261 e. The highest BCUT2D eigenvalue weighted by atomic mass is 33.1. The Morgan fingerprint density at radius 2 is 1.91 bits per heavy atom. The van der Waals surface area contributed by atoms with E-state index in [0.717, 1.165) is 5.56 Å². The molecule has 5 saturated heterocycles. The van der Waals surface area contributed by atoms with Gasteiger partial charge in [0.2, 0.25) is 6.79 Å². The summed E-state index contributed by atoms with van der Waals surface area (Å²) in [6, 6.07) is 7.60. The fraction of sp³-hybridized carbons (Fsp3) is 0.591. The largest absolute Gasteiger partial charge is 0.454 e. The second-order valence-electron chi connectivity index (χ2n) is 9.32. The molecule has 1 aromatic rings. The highest BCUT2D eigenvalue weighted by Gasteiger charge is 2.75. The number of hydrogen-bond donors (Lipinski definition) is 0. The minimum Gasteiger partial charge on any atom is -0.454 e. The van der Waals surface area contributed by atoms with E-state index in [1.807, 2.05) is 18.2 Å². The third-order valence-corrected chi connectivity index (χ3v) is 11.2. The quantitative estimate of drug-likeness (QED) is 0.590. The van der Waals surface area contributed by atoms with Gasteiger partial charge in [-0.1, -0.05) is 27.7 Å². The van der Waals surface area contributed by atoms with Crippen molar-refractivity contribution < 1.29 is 23.8 Å². The molecule has 4 atom stereocenters. The molecular formula is C22H24N4O5S2. The number of nitriles is 1. The summed E-state index contributed by atoms with van der Waals surface area (Å²) in [5, 5.41) is 10.7. The van der Waals surface area contributed by atoms with Gasteiger partial charge in [-0.3, -0.25) is 14.5 Å². The summed E-state index contributed by atoms with van der Waals surface area (Å²) in [4.78, 5) is 31.0. The fourth-order valence-electron chi connectivity index (χ4n) is 5.68. The normalized spacial score (nSPS) is 37.4. The predicted octanol–water partition coefficient (Wildman–Crippen LogP) is 1.81. The van der Waals surface area contributed by atoms with Gasteiger partial charge in [-0.25, -0.2) is 0 Å². The van der Waals surface area contributed by atoms with Gasteiger partial charge >= 0.3 is 0 Å². The van der Waals surface area contributed by atoms with Crippen molar-refractivity contribution in [3.05, 3.63) is 23.8 Å². The van der Waals surface area contributed by atoms with Gasteiger partial charge in [-0.2, -0.15) is 5.26 Å². The van der Waals surface area contributed by atoms with Crippen LogP contribution in [0.3, 0.4) is 0 Å². The van der Waals surface area contributed by atoms with E-state index in [0.29, 0.717) is 44.3 Å². The molecule has 6 aliphatic heterocycles. The van der Waals surface area contributed by atoms with E-state index in [9.17, 15) is 14.9 Å². The second-order valence-corrected chi connectivity index (χ2v) is 12.1. The van der Waals surface area contributed by atoms with Gasteiger partial charge in [0.1, 0.15) is 0 Å². The van der Waals surface area contributed by atoms with E-state index in [1.165, 1.54) is 21.6 Å². The molecule has 11 heteroatoms. The van der Waals surface area contributed by atoms with Gasteiger partial charge in [0.05, 0.1) is 30.7 Å². The molecule has 5 fully saturated rings. The number of nitrogens with zero attached hydrogens (tertiary/aromatic N) is 4. The van der Waals surface area contributed by atoms with E-state index in [2.05, 4.69) is 11.0 Å². The minimum atomic E-state index is -1.11. The molecule has 0 aromatic heterocycles. The lowest BCUT2D eigenvalue weighted by molar-refractivity contribution is -0.164. The number of carbonyl (C=O) groups excluding carboxylic acids is 2. The fourth-order valence-corrected chi connectivity index (χ4v) is 9.22. The Hall–Kier alpha value is -2.13. The first-order chi connectivity index (χ1) is 15.8. The maximum atomic E-state index is 14.0. The SMILES string of the molecule is CN1C(=O)C23C[C@@](C#N)(CN4CCOCC4)[C@H](c4ccc5c(c4)OCO5)N2C(=O)[C@]1(C)SS3. The van der Waals surface area contributed by atoms with Gasteiger partial charge in [-0.05, 0) is 24.6 Å². The summed E-state index contributed by atoms with van der Waals surface area (Å²) in [5.41, 5.74) is -0.183. The molecule has 9 nitrogen and oxygen atoms in total. The second kappa shape index (κ2) is 7.18. The predicted molar refractivity (Wildman–Crippen MR) is 121 cm³/mol. The summed E-state index contributed by atoms with van der Waals surface area (Å²) in [6.07, 6.45) is 0.273. The summed E-state index contributed by atoms with van der Waals surface area (Å²) in [5.74, 6) is 0.993. The molecule has 0 radical (unpaired) electrons. The number of likely N-dealkylation sites (N-methyl/N-ethyl adjacent to an activating group) is 1. The number of morpholine rings is 1. The highest BCUT2D eigenvalue weighted by Crippen LogP contribution is 2.69. The Bertz CT molecular complexity index is 1090. The lowest BCUT2D eigenvalue weighted by Gasteiger charge is -2.57. The highest BCUT2D eigenvalue weighted by molar-refractivity contribution is 8.78. The molecule has 2 bridgehead atoms. The zero-order chi connectivity index (χ0) is 23.0. The number of carbonyl (C=O) groups is 2. The van der Waals surface area contributed by atoms with Gasteiger partial charge in [0.15, 0.2) is 21.2 Å². The zero-order valence-corrected chi connectivity index (χ0v) is 20.0. The van der Waals surface area contributed by atoms with Crippen LogP contribution in [0.4, 0.5) is 0 Å². The van der Waals surface area contributed by atoms with Crippen molar-refractivity contribution in [1.29, 1.82) is 5.26 Å². The van der Waals surface area contributed by atoms with Gasteiger partial charge in [0.25, 0.3) is 11.8 Å². The first kappa shape index (κ1) is 21.4. The Morgan fingerprint density at radius 1 is 1.15 bits per heavy atom. The van der Waals surface area contributed by atoms with Gasteiger partial charge < -0.3 is 24.0 Å². The van der Waals surface area contributed by atoms with Gasteiger partial charge in [-0.15, -0.1) is 0 Å². The van der Waals surface area contributed by atoms with E-state index in [4.69, 9.17) is 14.2 Å². The average Bonchev–Trinajstić information content (AvgIpc) is 3.41. The molecule has 1 spiro atoms. The zero-order valence-electron chi connectivity index (χ0n) is 18.4. The van der Waals surface area contributed by atoms with Gasteiger partial charge in [0, 0.05) is 33.1 Å². The molecule has 6 aliphatic rings. The van der Waals surface area contributed by atoms with Crippen LogP contribution in [0.2, 0.25) is 0 Å². The van der Waals surface area contributed by atoms with Crippen LogP contribution in [-0.2, 0) is 14.3 Å². The Kier molecular flexibility index (Phi) is 4.66. The number of benzene rings is 1. The number of rotatable bonds is 3. The first-order valence-corrected chi connectivity index (χ1v) is 13.1. The van der Waals surface area contributed by atoms with E-state index >= 15 is 0 Å². The third-order valence-electron chi connectivity index (χ3n) is 7.51. The van der Waals surface area contributed by atoms with Crippen LogP contribution >= 0.6 is 21.6 Å². The first-order valence-electron chi connectivity index (χ1n) is 10.9. The molecule has 0 aliphatic carbocycles. The lowest BCUT2D eigenvalue weighted by atomic mass is 9.76. The number of amides is 2. The molecule has 1 aromatic carbocycles. The standard InChI is InChI=1S/C22H24N4O5S2/c1-20-18(27)26-17(14-3-4-15-16(9-14)31-13-30-15)21(11-23,12-25-5-7-29-8-6-25)10-22(26,33-32-20)19(28)24(20)2/h3-4,9,17H,5-8,10,12-13H2,1-2H3/t17-,20-,21+,22?/m0/s1. The molecule has 6 heterocycles. The number of fused-ring (bicyclic) bond motifs is 3. The van der Waals surface area contributed by atoms with Crippen LogP contribution in [0.1, 0.15) is 24.9 Å². The molecule has 33 heavy (non-hydrogen) atoms. The average molecular weight is 489 g/mol. The van der Waals surface area contributed by atoms with Crippen LogP contribution < -0.4 is 9.47 Å². The van der Waals surface area contributed by atoms with Crippen molar-refractivity contribution in [3.8, 4) is 17.6 Å². The molecule has 0 N–H and O–H groups in total. The van der Waals surface area contributed by atoms with Crippen molar-refractivity contribution in [3.63, 3.8) is 0 Å². The summed E-state index contributed by atoms with van der Waals surface area (Å²) in [7, 11) is 4.54. The lowest BCUT2D eigenvalue weighted by Crippen LogP contribution is -2.73. The minimum absolute atomic E-state index is 0.113. The Morgan fingerprint density at radius 3 is 2.67 bits per heavy atom. The number of ether oxygens (including phenoxy) is 3. The third kappa shape index (κ3) is 2.75. The van der Waals surface area contributed by atoms with E-state index in [-0.39, 0.29) is 25.0 Å². The molecule has 2 amide bonds. The maximum absolute atomic E-state index is 14.0. The van der Waals surface area contributed by atoms with Crippen LogP contribution in [0.25, 0.3) is 0 Å². The van der Waals surface area contributed by atoms with Crippen LogP contribution in [-0.4, -0.2) is 82.9 Å². The molecule has 0 saturated carbocycles. The smallest absolute Gasteiger partial charge is 0.261 e. The molecule has 7 rings (SSSR count). The molecule has 174 valence electrons. The van der Waals surface area contributed by atoms with Crippen molar-refractivity contribution in [2.24, 2.45) is 5.41 Å². The monoisotopic (exact) mass is 488 g/mol. The molecule has 1 unspecified atom stereocenters. The van der Waals surface area contributed by atoms with E-state index in [1.54, 1.807) is 23.8 Å². The van der Waals surface area contributed by atoms with Crippen molar-refractivity contribution >= 4 is 33.4 Å². The summed E-state index contributed by atoms with van der Waals surface area (Å²) < 4.78 is 16.6. The van der Waals surface area contributed by atoms with Crippen molar-refractivity contribution in [1.82, 2.24) is 14.7 Å². The van der Waals surface area contributed by atoms with Crippen LogP contribution in [0.15, 0.2) is 18.2 Å². The Labute approximate surface area is 199 Å². The summed E-state index contributed by atoms with van der Waals surface area (Å²) in [6.45, 7) is 5.02. The van der Waals surface area contributed by atoms with Crippen molar-refractivity contribution in [2.75, 3.05) is 46.7 Å². The van der Waals surface area contributed by atoms with Crippen LogP contribution in [0.5, 0.6) is 11.5 Å². The van der Waals surface area contributed by atoms with Crippen molar-refractivity contribution in [2.45, 2.75) is 29.1 Å². The molecular weight excluding hydrogens is 464 g/mol. The topological polar surface area (TPSA) is 95.3 Å². The van der Waals surface area contributed by atoms with Crippen LogP contribution in [0, 0.1) is 16.7 Å². The number of piperazine rings is 1. The van der Waals surface area contributed by atoms with E-state index < -0.39 is 21.2 Å². The summed E-state index contributed by atoms with van der Waals surface area (Å²) >= 11 is 0.